The molecule has 0 atom stereocenters. The topological polar surface area (TPSA) is 44.8 Å². The Morgan fingerprint density at radius 3 is 2.40 bits per heavy atom. The summed E-state index contributed by atoms with van der Waals surface area (Å²) in [6.45, 7) is 0. The van der Waals surface area contributed by atoms with Gasteiger partial charge in [-0.2, -0.15) is 0 Å². The van der Waals surface area contributed by atoms with Crippen molar-refractivity contribution in [3.63, 3.8) is 0 Å². The lowest BCUT2D eigenvalue weighted by atomic mass is 10.3. The molecule has 0 aromatic heterocycles. The molecular weight excluding hydrogens is 196 g/mol. The second kappa shape index (κ2) is 6.80. The number of hydrogen-bond donors (Lipinski definition) is 0. The van der Waals surface area contributed by atoms with Crippen molar-refractivity contribution in [2.24, 2.45) is 0 Å². The SMILES string of the molecule is COC(CCC(=O)OC1CCCC1)OC. The summed E-state index contributed by atoms with van der Waals surface area (Å²) in [6.07, 6.45) is 5.16. The third kappa shape index (κ3) is 4.62. The standard InChI is InChI=1S/C11H20O4/c1-13-11(14-2)8-7-10(12)15-9-5-3-4-6-9/h9,11H,3-8H2,1-2H3. The second-order valence-corrected chi connectivity index (χ2v) is 3.84. The molecule has 1 fully saturated rings. The lowest BCUT2D eigenvalue weighted by Gasteiger charge is -2.14. The van der Waals surface area contributed by atoms with E-state index in [1.54, 1.807) is 14.2 Å². The lowest BCUT2D eigenvalue weighted by Crippen LogP contribution is -2.18. The molecule has 0 saturated heterocycles. The molecule has 0 aromatic rings. The monoisotopic (exact) mass is 216 g/mol. The molecule has 1 aliphatic carbocycles. The van der Waals surface area contributed by atoms with Crippen LogP contribution in [0, 0.1) is 0 Å². The predicted molar refractivity (Wildman–Crippen MR) is 55.4 cm³/mol. The smallest absolute Gasteiger partial charge is 0.306 e. The number of ether oxygens (including phenoxy) is 3. The van der Waals surface area contributed by atoms with Crippen LogP contribution in [0.3, 0.4) is 0 Å². The molecule has 1 rings (SSSR count). The average molecular weight is 216 g/mol. The van der Waals surface area contributed by atoms with Gasteiger partial charge >= 0.3 is 5.97 Å². The fraction of sp³-hybridized carbons (Fsp3) is 0.909. The van der Waals surface area contributed by atoms with Gasteiger partial charge in [-0.25, -0.2) is 0 Å². The van der Waals surface area contributed by atoms with Gasteiger partial charge in [0.05, 0.1) is 6.42 Å². The minimum atomic E-state index is -0.305. The van der Waals surface area contributed by atoms with E-state index in [4.69, 9.17) is 14.2 Å². The highest BCUT2D eigenvalue weighted by atomic mass is 16.7. The molecule has 0 N–H and O–H groups in total. The van der Waals surface area contributed by atoms with Crippen LogP contribution in [0.5, 0.6) is 0 Å². The summed E-state index contributed by atoms with van der Waals surface area (Å²) in [4.78, 5) is 11.4. The molecule has 1 saturated carbocycles. The first-order valence-corrected chi connectivity index (χ1v) is 5.51. The minimum Gasteiger partial charge on any atom is -0.462 e. The molecule has 0 aliphatic heterocycles. The highest BCUT2D eigenvalue weighted by Crippen LogP contribution is 2.21. The zero-order valence-electron chi connectivity index (χ0n) is 9.53. The predicted octanol–water partition coefficient (Wildman–Crippen LogP) is 1.87. The van der Waals surface area contributed by atoms with Crippen LogP contribution in [0.2, 0.25) is 0 Å². The second-order valence-electron chi connectivity index (χ2n) is 3.84. The Hall–Kier alpha value is -0.610. The van der Waals surface area contributed by atoms with Gasteiger partial charge in [-0.15, -0.1) is 0 Å². The van der Waals surface area contributed by atoms with Gasteiger partial charge in [-0.3, -0.25) is 4.79 Å². The highest BCUT2D eigenvalue weighted by molar-refractivity contribution is 5.69. The average Bonchev–Trinajstić information content (AvgIpc) is 2.72. The van der Waals surface area contributed by atoms with E-state index in [1.807, 2.05) is 0 Å². The van der Waals surface area contributed by atoms with Crippen molar-refractivity contribution in [2.45, 2.75) is 50.9 Å². The van der Waals surface area contributed by atoms with Crippen LogP contribution in [0.1, 0.15) is 38.5 Å². The quantitative estimate of drug-likeness (QED) is 0.502. The molecule has 0 aromatic carbocycles. The van der Waals surface area contributed by atoms with Gasteiger partial charge in [0, 0.05) is 20.6 Å². The van der Waals surface area contributed by atoms with E-state index in [-0.39, 0.29) is 18.4 Å². The molecule has 4 nitrogen and oxygen atoms in total. The molecule has 0 amide bonds. The summed E-state index contributed by atoms with van der Waals surface area (Å²) in [5.74, 6) is -0.138. The van der Waals surface area contributed by atoms with Gasteiger partial charge in [0.1, 0.15) is 6.10 Å². The number of rotatable bonds is 6. The Bertz CT molecular complexity index is 183. The summed E-state index contributed by atoms with van der Waals surface area (Å²) in [6, 6.07) is 0. The van der Waals surface area contributed by atoms with E-state index in [2.05, 4.69) is 0 Å². The van der Waals surface area contributed by atoms with E-state index >= 15 is 0 Å². The molecule has 0 bridgehead atoms. The summed E-state index contributed by atoms with van der Waals surface area (Å²) < 4.78 is 15.3. The summed E-state index contributed by atoms with van der Waals surface area (Å²) in [7, 11) is 3.13. The first-order valence-electron chi connectivity index (χ1n) is 5.51. The first kappa shape index (κ1) is 12.5. The van der Waals surface area contributed by atoms with Gasteiger partial charge in [0.25, 0.3) is 0 Å². The number of esters is 1. The van der Waals surface area contributed by atoms with Crippen molar-refractivity contribution in [3.8, 4) is 0 Å². The van der Waals surface area contributed by atoms with Gasteiger partial charge in [-0.1, -0.05) is 0 Å². The van der Waals surface area contributed by atoms with E-state index < -0.39 is 0 Å². The minimum absolute atomic E-state index is 0.138. The van der Waals surface area contributed by atoms with Gasteiger partial charge in [0.2, 0.25) is 0 Å². The van der Waals surface area contributed by atoms with E-state index in [9.17, 15) is 4.79 Å². The largest absolute Gasteiger partial charge is 0.462 e. The van der Waals surface area contributed by atoms with Crippen LogP contribution in [0.4, 0.5) is 0 Å². The Labute approximate surface area is 90.9 Å². The summed E-state index contributed by atoms with van der Waals surface area (Å²) >= 11 is 0. The van der Waals surface area contributed by atoms with E-state index in [0.717, 1.165) is 12.8 Å². The maximum atomic E-state index is 11.4. The van der Waals surface area contributed by atoms with Crippen molar-refractivity contribution in [1.29, 1.82) is 0 Å². The fourth-order valence-electron chi connectivity index (χ4n) is 1.82. The van der Waals surface area contributed by atoms with Crippen molar-refractivity contribution in [2.75, 3.05) is 14.2 Å². The molecule has 0 heterocycles. The third-order valence-electron chi connectivity index (χ3n) is 2.71. The molecule has 4 heteroatoms. The summed E-state index contributed by atoms with van der Waals surface area (Å²) in [5.41, 5.74) is 0. The Kier molecular flexibility index (Phi) is 5.65. The van der Waals surface area contributed by atoms with Crippen molar-refractivity contribution < 1.29 is 19.0 Å². The van der Waals surface area contributed by atoms with E-state index in [0.29, 0.717) is 12.8 Å². The zero-order valence-corrected chi connectivity index (χ0v) is 9.53. The molecule has 88 valence electrons. The van der Waals surface area contributed by atoms with Crippen LogP contribution in [-0.2, 0) is 19.0 Å². The van der Waals surface area contributed by atoms with Gasteiger partial charge in [-0.05, 0) is 25.7 Å². The Morgan fingerprint density at radius 1 is 1.27 bits per heavy atom. The molecule has 15 heavy (non-hydrogen) atoms. The van der Waals surface area contributed by atoms with Crippen molar-refractivity contribution >= 4 is 5.97 Å². The van der Waals surface area contributed by atoms with Crippen LogP contribution in [-0.4, -0.2) is 32.6 Å². The third-order valence-corrected chi connectivity index (χ3v) is 2.71. The normalized spacial score (nSPS) is 17.3. The highest BCUT2D eigenvalue weighted by Gasteiger charge is 2.19. The number of hydrogen-bond acceptors (Lipinski definition) is 4. The molecular formula is C11H20O4. The maximum absolute atomic E-state index is 11.4. The van der Waals surface area contributed by atoms with Crippen LogP contribution in [0.25, 0.3) is 0 Å². The maximum Gasteiger partial charge on any atom is 0.306 e. The Morgan fingerprint density at radius 2 is 1.87 bits per heavy atom. The molecule has 0 radical (unpaired) electrons. The zero-order chi connectivity index (χ0) is 11.1. The molecule has 0 unspecified atom stereocenters. The number of carbonyl (C=O) groups is 1. The first-order chi connectivity index (χ1) is 7.26. The van der Waals surface area contributed by atoms with Gasteiger partial charge < -0.3 is 14.2 Å². The fourth-order valence-corrected chi connectivity index (χ4v) is 1.82. The Balaban J connectivity index is 2.12. The van der Waals surface area contributed by atoms with Crippen LogP contribution >= 0.6 is 0 Å². The van der Waals surface area contributed by atoms with Crippen LogP contribution in [0.15, 0.2) is 0 Å². The molecule has 0 spiro atoms. The van der Waals surface area contributed by atoms with E-state index in [1.165, 1.54) is 12.8 Å². The lowest BCUT2D eigenvalue weighted by molar-refractivity contribution is -0.153. The number of carbonyl (C=O) groups excluding carboxylic acids is 1. The summed E-state index contributed by atoms with van der Waals surface area (Å²) in [5, 5.41) is 0. The number of methoxy groups -OCH3 is 2. The van der Waals surface area contributed by atoms with Crippen molar-refractivity contribution in [3.05, 3.63) is 0 Å². The van der Waals surface area contributed by atoms with Crippen LogP contribution < -0.4 is 0 Å². The molecule has 1 aliphatic rings. The van der Waals surface area contributed by atoms with Crippen molar-refractivity contribution in [1.82, 2.24) is 0 Å². The van der Waals surface area contributed by atoms with Gasteiger partial charge in [0.15, 0.2) is 6.29 Å².